The van der Waals surface area contributed by atoms with Crippen LogP contribution in [0.15, 0.2) is 6.07 Å². The Morgan fingerprint density at radius 1 is 1.35 bits per heavy atom. The number of benzene rings is 1. The minimum Gasteiger partial charge on any atom is -0.355 e. The van der Waals surface area contributed by atoms with Crippen molar-refractivity contribution in [2.75, 3.05) is 14.2 Å². The Hall–Kier alpha value is -2.02. The van der Waals surface area contributed by atoms with Gasteiger partial charge in [-0.3, -0.25) is 4.79 Å². The first-order valence-electron chi connectivity index (χ1n) is 5.35. The summed E-state index contributed by atoms with van der Waals surface area (Å²) < 4.78 is 0. The second kappa shape index (κ2) is 5.35. The number of rotatable bonds is 1. The predicted molar refractivity (Wildman–Crippen MR) is 67.4 cm³/mol. The van der Waals surface area contributed by atoms with Crippen LogP contribution in [0.2, 0.25) is 0 Å². The molecule has 1 amide bonds. The summed E-state index contributed by atoms with van der Waals surface area (Å²) >= 11 is 0. The quantitative estimate of drug-likeness (QED) is 0.756. The second-order valence-electron chi connectivity index (χ2n) is 3.85. The third-order valence-corrected chi connectivity index (χ3v) is 2.67. The second-order valence-corrected chi connectivity index (χ2v) is 3.85. The highest BCUT2D eigenvalue weighted by atomic mass is 16.6. The molecule has 90 valence electrons. The van der Waals surface area contributed by atoms with E-state index in [1.165, 1.54) is 7.11 Å². The number of carbonyl (C=O) groups is 1. The summed E-state index contributed by atoms with van der Waals surface area (Å²) in [6.45, 7) is 5.76. The van der Waals surface area contributed by atoms with Crippen molar-refractivity contribution >= 4 is 5.91 Å². The highest BCUT2D eigenvalue weighted by Crippen LogP contribution is 2.21. The molecule has 17 heavy (non-hydrogen) atoms. The normalized spacial score (nSPS) is 9.24. The smallest absolute Gasteiger partial charge is 0.355 e. The lowest BCUT2D eigenvalue weighted by molar-refractivity contribution is 0.0962. The number of carbonyl (C=O) groups excluding carboxylic acids is 1. The highest BCUT2D eigenvalue weighted by molar-refractivity contribution is 5.97. The van der Waals surface area contributed by atoms with Gasteiger partial charge < -0.3 is 5.32 Å². The summed E-state index contributed by atoms with van der Waals surface area (Å²) in [4.78, 5) is 16.4. The van der Waals surface area contributed by atoms with Crippen molar-refractivity contribution < 1.29 is 9.63 Å². The van der Waals surface area contributed by atoms with Gasteiger partial charge in [0.25, 0.3) is 5.91 Å². The summed E-state index contributed by atoms with van der Waals surface area (Å²) in [6.07, 6.45) is 0. The van der Waals surface area contributed by atoms with E-state index in [4.69, 9.17) is 0 Å². The van der Waals surface area contributed by atoms with Crippen molar-refractivity contribution in [1.82, 2.24) is 5.32 Å². The molecule has 0 aliphatic rings. The highest BCUT2D eigenvalue weighted by Gasteiger charge is 2.18. The van der Waals surface area contributed by atoms with E-state index in [1.54, 1.807) is 7.05 Å². The summed E-state index contributed by atoms with van der Waals surface area (Å²) in [7, 11) is 3.08. The molecule has 1 N–H and O–H groups in total. The van der Waals surface area contributed by atoms with Crippen molar-refractivity contribution in [1.29, 1.82) is 0 Å². The SMILES string of the molecule is CNC(=O)c1c(C)cc(C)c(C#[N+]OC)c1C. The molecule has 4 nitrogen and oxygen atoms in total. The molecule has 1 rings (SSSR count). The van der Waals surface area contributed by atoms with Gasteiger partial charge >= 0.3 is 6.07 Å². The molecule has 0 saturated heterocycles. The molecule has 0 heterocycles. The first-order chi connectivity index (χ1) is 8.02. The van der Waals surface area contributed by atoms with Gasteiger partial charge in [0.2, 0.25) is 5.01 Å². The van der Waals surface area contributed by atoms with E-state index in [1.807, 2.05) is 26.8 Å². The first-order valence-corrected chi connectivity index (χ1v) is 5.35. The number of nitrogens with one attached hydrogen (secondary N) is 1. The zero-order valence-electron chi connectivity index (χ0n) is 10.8. The van der Waals surface area contributed by atoms with Gasteiger partial charge in [0.05, 0.1) is 0 Å². The average molecular weight is 233 g/mol. The molecule has 1 aromatic rings. The van der Waals surface area contributed by atoms with Crippen molar-refractivity contribution in [2.45, 2.75) is 20.8 Å². The van der Waals surface area contributed by atoms with E-state index >= 15 is 0 Å². The lowest BCUT2D eigenvalue weighted by Crippen LogP contribution is -2.21. The van der Waals surface area contributed by atoms with Gasteiger partial charge in [0, 0.05) is 12.6 Å². The maximum Gasteiger partial charge on any atom is 0.388 e. The molecule has 0 spiro atoms. The van der Waals surface area contributed by atoms with Crippen LogP contribution in [0.25, 0.3) is 5.01 Å². The van der Waals surface area contributed by atoms with E-state index in [-0.39, 0.29) is 5.91 Å². The number of nitrogens with zero attached hydrogens (tertiary/aromatic N) is 1. The Labute approximate surface area is 101 Å². The molecular weight excluding hydrogens is 216 g/mol. The molecule has 0 saturated carbocycles. The van der Waals surface area contributed by atoms with Crippen LogP contribution < -0.4 is 5.32 Å². The van der Waals surface area contributed by atoms with Crippen molar-refractivity contribution in [3.05, 3.63) is 38.9 Å². The molecule has 0 unspecified atom stereocenters. The molecule has 0 aromatic heterocycles. The molecule has 1 aromatic carbocycles. The minimum absolute atomic E-state index is 0.0968. The summed E-state index contributed by atoms with van der Waals surface area (Å²) in [5.74, 6) is -0.0968. The van der Waals surface area contributed by atoms with Crippen molar-refractivity contribution in [2.24, 2.45) is 0 Å². The topological polar surface area (TPSA) is 42.7 Å². The Balaban J connectivity index is 3.48. The van der Waals surface area contributed by atoms with Crippen LogP contribution in [-0.2, 0) is 4.84 Å². The zero-order valence-corrected chi connectivity index (χ0v) is 10.8. The van der Waals surface area contributed by atoms with Gasteiger partial charge in [0.15, 0.2) is 7.11 Å². The Morgan fingerprint density at radius 2 is 2.00 bits per heavy atom. The summed E-state index contributed by atoms with van der Waals surface area (Å²) in [5.41, 5.74) is 4.31. The van der Waals surface area contributed by atoms with E-state index in [2.05, 4.69) is 21.2 Å². The monoisotopic (exact) mass is 233 g/mol. The molecule has 0 atom stereocenters. The molecule has 4 heteroatoms. The third-order valence-electron chi connectivity index (χ3n) is 2.67. The molecule has 0 fully saturated rings. The Bertz CT molecular complexity index is 510. The Morgan fingerprint density at radius 3 is 2.53 bits per heavy atom. The lowest BCUT2D eigenvalue weighted by atomic mass is 9.93. The van der Waals surface area contributed by atoms with Gasteiger partial charge in [0.1, 0.15) is 5.56 Å². The average Bonchev–Trinajstić information content (AvgIpc) is 2.28. The van der Waals surface area contributed by atoms with E-state index in [0.29, 0.717) is 5.56 Å². The van der Waals surface area contributed by atoms with Gasteiger partial charge in [-0.1, -0.05) is 6.07 Å². The van der Waals surface area contributed by atoms with Crippen LogP contribution in [0.1, 0.15) is 32.6 Å². The number of hydrogen-bond acceptors (Lipinski definition) is 2. The predicted octanol–water partition coefficient (Wildman–Crippen LogP) is 2.21. The number of amides is 1. The summed E-state index contributed by atoms with van der Waals surface area (Å²) in [5, 5.41) is 6.28. The van der Waals surface area contributed by atoms with Crippen LogP contribution in [0.4, 0.5) is 0 Å². The van der Waals surface area contributed by atoms with Crippen molar-refractivity contribution in [3.8, 4) is 6.07 Å². The molecule has 0 aliphatic carbocycles. The fourth-order valence-corrected chi connectivity index (χ4v) is 1.92. The van der Waals surface area contributed by atoms with Gasteiger partial charge in [-0.2, -0.15) is 4.84 Å². The minimum atomic E-state index is -0.0968. The van der Waals surface area contributed by atoms with E-state index < -0.39 is 0 Å². The first kappa shape index (κ1) is 13.0. The zero-order chi connectivity index (χ0) is 13.0. The van der Waals surface area contributed by atoms with Gasteiger partial charge in [-0.15, -0.1) is 0 Å². The van der Waals surface area contributed by atoms with Crippen molar-refractivity contribution in [3.63, 3.8) is 0 Å². The van der Waals surface area contributed by atoms with E-state index in [0.717, 1.165) is 22.3 Å². The largest absolute Gasteiger partial charge is 0.388 e. The van der Waals surface area contributed by atoms with E-state index in [9.17, 15) is 4.79 Å². The van der Waals surface area contributed by atoms with Crippen LogP contribution in [-0.4, -0.2) is 20.1 Å². The third kappa shape index (κ3) is 2.56. The number of aryl methyl sites for hydroxylation is 2. The Kier molecular flexibility index (Phi) is 4.11. The fourth-order valence-electron chi connectivity index (χ4n) is 1.92. The van der Waals surface area contributed by atoms with Gasteiger partial charge in [-0.25, -0.2) is 0 Å². The lowest BCUT2D eigenvalue weighted by Gasteiger charge is -2.10. The van der Waals surface area contributed by atoms with Crippen LogP contribution in [0, 0.1) is 26.8 Å². The van der Waals surface area contributed by atoms with Crippen LogP contribution >= 0.6 is 0 Å². The van der Waals surface area contributed by atoms with Gasteiger partial charge in [-0.05, 0) is 37.5 Å². The molecule has 0 bridgehead atoms. The standard InChI is InChI=1S/C13H16N2O2/c1-8-6-9(2)12(13(16)14-4)10(3)11(8)7-15-17-5/h6H,1-5H3/p+1. The maximum atomic E-state index is 11.8. The molecule has 0 aliphatic heterocycles. The maximum absolute atomic E-state index is 11.8. The fraction of sp³-hybridized carbons (Fsp3) is 0.385. The number of hydrogen-bond donors (Lipinski definition) is 1. The molecular formula is C13H17N2O2+. The van der Waals surface area contributed by atoms with Crippen LogP contribution in [0.3, 0.4) is 0 Å². The summed E-state index contributed by atoms with van der Waals surface area (Å²) in [6, 6.07) is 4.75. The molecule has 0 radical (unpaired) electrons. The van der Waals surface area contributed by atoms with Crippen LogP contribution in [0.5, 0.6) is 0 Å².